The molecule has 1 fully saturated rings. The van der Waals surface area contributed by atoms with Gasteiger partial charge in [0.1, 0.15) is 5.84 Å². The summed E-state index contributed by atoms with van der Waals surface area (Å²) in [6.07, 6.45) is 4.06. The Hall–Kier alpha value is -2.86. The Bertz CT molecular complexity index is 1150. The minimum Gasteiger partial charge on any atom is -0.300 e. The number of hydrogen-bond donors (Lipinski definition) is 1. The maximum absolute atomic E-state index is 11.6. The lowest BCUT2D eigenvalue weighted by Crippen LogP contribution is -2.18. The number of thioether (sulfide) groups is 1. The van der Waals surface area contributed by atoms with E-state index in [0.29, 0.717) is 5.84 Å². The van der Waals surface area contributed by atoms with Crippen molar-refractivity contribution in [2.45, 2.75) is 32.7 Å². The minimum absolute atomic E-state index is 0.0888. The molecule has 0 unspecified atom stereocenters. The van der Waals surface area contributed by atoms with Crippen LogP contribution in [-0.2, 0) is 12.0 Å². The van der Waals surface area contributed by atoms with Gasteiger partial charge in [0.25, 0.3) is 5.24 Å². The molecule has 2 heterocycles. The van der Waals surface area contributed by atoms with E-state index in [1.807, 2.05) is 22.9 Å². The van der Waals surface area contributed by atoms with Crippen molar-refractivity contribution in [1.29, 1.82) is 0 Å². The first-order chi connectivity index (χ1) is 13.8. The van der Waals surface area contributed by atoms with E-state index in [4.69, 9.17) is 5.10 Å². The lowest BCUT2D eigenvalue weighted by molar-refractivity contribution is 0.265. The predicted molar refractivity (Wildman–Crippen MR) is 121 cm³/mol. The fourth-order valence-corrected chi connectivity index (χ4v) is 4.36. The Morgan fingerprint density at radius 2 is 2.00 bits per heavy atom. The van der Waals surface area contributed by atoms with Crippen LogP contribution in [0.5, 0.6) is 0 Å². The zero-order chi connectivity index (χ0) is 20.6. The summed E-state index contributed by atoms with van der Waals surface area (Å²) in [5.74, 6) is 0.620. The number of carbonyl (C=O) groups is 1. The summed E-state index contributed by atoms with van der Waals surface area (Å²) < 4.78 is 2.00. The maximum Gasteiger partial charge on any atom is 0.289 e. The zero-order valence-corrected chi connectivity index (χ0v) is 17.9. The molecule has 1 N–H and O–H groups in total. The van der Waals surface area contributed by atoms with Gasteiger partial charge in [0.15, 0.2) is 0 Å². The SMILES string of the molecule is CN=C1NC(=O)S/C1=C\c1ccc2nn(Cc3ccccc3C(C)(C)C)cc2c1. The molecule has 0 bridgehead atoms. The second-order valence-corrected chi connectivity index (χ2v) is 9.16. The Balaban J connectivity index is 1.64. The first-order valence-electron chi connectivity index (χ1n) is 9.57. The van der Waals surface area contributed by atoms with Crippen molar-refractivity contribution in [3.63, 3.8) is 0 Å². The van der Waals surface area contributed by atoms with Gasteiger partial charge in [-0.25, -0.2) is 0 Å². The number of carbonyl (C=O) groups excluding carboxylic acids is 1. The number of amides is 1. The van der Waals surface area contributed by atoms with E-state index in [1.54, 1.807) is 7.05 Å². The molecule has 6 heteroatoms. The second-order valence-electron chi connectivity index (χ2n) is 8.15. The summed E-state index contributed by atoms with van der Waals surface area (Å²) in [4.78, 5) is 16.6. The molecule has 148 valence electrons. The van der Waals surface area contributed by atoms with Crippen LogP contribution in [0.15, 0.2) is 58.6 Å². The second kappa shape index (κ2) is 7.52. The van der Waals surface area contributed by atoms with E-state index in [2.05, 4.69) is 67.6 Å². The minimum atomic E-state index is -0.0942. The summed E-state index contributed by atoms with van der Waals surface area (Å²) >= 11 is 1.17. The molecule has 29 heavy (non-hydrogen) atoms. The molecule has 0 atom stereocenters. The molecule has 1 aliphatic rings. The summed E-state index contributed by atoms with van der Waals surface area (Å²) in [7, 11) is 1.68. The average Bonchev–Trinajstić information content (AvgIpc) is 3.23. The highest BCUT2D eigenvalue weighted by Gasteiger charge is 2.22. The molecule has 1 aliphatic heterocycles. The van der Waals surface area contributed by atoms with Crippen LogP contribution in [0.4, 0.5) is 4.79 Å². The van der Waals surface area contributed by atoms with Crippen LogP contribution in [0, 0.1) is 0 Å². The summed E-state index contributed by atoms with van der Waals surface area (Å²) in [6, 6.07) is 14.7. The van der Waals surface area contributed by atoms with Gasteiger partial charge in [0.05, 0.1) is 17.0 Å². The monoisotopic (exact) mass is 404 g/mol. The molecule has 0 radical (unpaired) electrons. The normalized spacial score (nSPS) is 17.4. The lowest BCUT2D eigenvalue weighted by Gasteiger charge is -2.22. The molecule has 0 saturated carbocycles. The van der Waals surface area contributed by atoms with Crippen molar-refractivity contribution in [2.75, 3.05) is 7.05 Å². The van der Waals surface area contributed by atoms with Gasteiger partial charge in [0.2, 0.25) is 0 Å². The van der Waals surface area contributed by atoms with Crippen molar-refractivity contribution >= 4 is 39.8 Å². The van der Waals surface area contributed by atoms with Gasteiger partial charge in [0, 0.05) is 18.6 Å². The maximum atomic E-state index is 11.6. The third-order valence-corrected chi connectivity index (χ3v) is 5.73. The predicted octanol–water partition coefficient (Wildman–Crippen LogP) is 5.21. The van der Waals surface area contributed by atoms with Gasteiger partial charge in [-0.05, 0) is 52.1 Å². The number of amidine groups is 1. The Morgan fingerprint density at radius 3 is 2.76 bits per heavy atom. The largest absolute Gasteiger partial charge is 0.300 e. The highest BCUT2D eigenvalue weighted by molar-refractivity contribution is 8.18. The van der Waals surface area contributed by atoms with Crippen LogP contribution in [0.3, 0.4) is 0 Å². The molecule has 3 aromatic rings. The third kappa shape index (κ3) is 4.12. The number of aliphatic imine (C=N–C) groups is 1. The van der Waals surface area contributed by atoms with E-state index in [9.17, 15) is 4.79 Å². The first kappa shape index (κ1) is 19.5. The van der Waals surface area contributed by atoms with Gasteiger partial charge in [-0.15, -0.1) is 0 Å². The highest BCUT2D eigenvalue weighted by Crippen LogP contribution is 2.28. The van der Waals surface area contributed by atoms with Gasteiger partial charge < -0.3 is 5.32 Å². The van der Waals surface area contributed by atoms with Crippen molar-refractivity contribution in [2.24, 2.45) is 4.99 Å². The van der Waals surface area contributed by atoms with Gasteiger partial charge in [-0.1, -0.05) is 51.1 Å². The number of nitrogens with zero attached hydrogens (tertiary/aromatic N) is 3. The van der Waals surface area contributed by atoms with E-state index in [-0.39, 0.29) is 10.7 Å². The van der Waals surface area contributed by atoms with E-state index in [0.717, 1.165) is 27.9 Å². The van der Waals surface area contributed by atoms with Crippen LogP contribution in [0.25, 0.3) is 17.0 Å². The number of benzene rings is 2. The van der Waals surface area contributed by atoms with Crippen molar-refractivity contribution in [3.8, 4) is 0 Å². The molecule has 1 saturated heterocycles. The van der Waals surface area contributed by atoms with E-state index < -0.39 is 0 Å². The van der Waals surface area contributed by atoms with Gasteiger partial charge in [-0.3, -0.25) is 14.5 Å². The fourth-order valence-electron chi connectivity index (χ4n) is 3.58. The van der Waals surface area contributed by atoms with Crippen molar-refractivity contribution < 1.29 is 4.79 Å². The summed E-state index contributed by atoms with van der Waals surface area (Å²) in [5.41, 5.74) is 4.69. The molecular weight excluding hydrogens is 380 g/mol. The fraction of sp³-hybridized carbons (Fsp3) is 0.261. The molecule has 0 spiro atoms. The molecule has 2 aromatic carbocycles. The molecule has 4 rings (SSSR count). The Morgan fingerprint density at radius 1 is 1.21 bits per heavy atom. The van der Waals surface area contributed by atoms with Crippen LogP contribution in [0.1, 0.15) is 37.5 Å². The highest BCUT2D eigenvalue weighted by atomic mass is 32.2. The average molecular weight is 405 g/mol. The van der Waals surface area contributed by atoms with E-state index in [1.165, 1.54) is 22.9 Å². The van der Waals surface area contributed by atoms with Crippen LogP contribution in [0.2, 0.25) is 0 Å². The molecule has 1 aromatic heterocycles. The lowest BCUT2D eigenvalue weighted by atomic mass is 9.84. The van der Waals surface area contributed by atoms with E-state index >= 15 is 0 Å². The van der Waals surface area contributed by atoms with Crippen LogP contribution >= 0.6 is 11.8 Å². The van der Waals surface area contributed by atoms with Crippen LogP contribution in [-0.4, -0.2) is 27.9 Å². The number of aromatic nitrogens is 2. The topological polar surface area (TPSA) is 59.3 Å². The quantitative estimate of drug-likeness (QED) is 0.652. The first-order valence-corrected chi connectivity index (χ1v) is 10.4. The van der Waals surface area contributed by atoms with Crippen molar-refractivity contribution in [3.05, 3.63) is 70.3 Å². The van der Waals surface area contributed by atoms with Crippen LogP contribution < -0.4 is 5.32 Å². The Labute approximate surface area is 174 Å². The van der Waals surface area contributed by atoms with Crippen molar-refractivity contribution in [1.82, 2.24) is 15.1 Å². The van der Waals surface area contributed by atoms with Gasteiger partial charge >= 0.3 is 0 Å². The van der Waals surface area contributed by atoms with Gasteiger partial charge in [-0.2, -0.15) is 5.10 Å². The zero-order valence-electron chi connectivity index (χ0n) is 17.1. The number of hydrogen-bond acceptors (Lipinski definition) is 4. The smallest absolute Gasteiger partial charge is 0.289 e. The Kier molecular flexibility index (Phi) is 5.04. The molecular formula is C23H24N4OS. The molecule has 0 aliphatic carbocycles. The number of rotatable bonds is 3. The summed E-state index contributed by atoms with van der Waals surface area (Å²) in [6.45, 7) is 7.44. The summed E-state index contributed by atoms with van der Waals surface area (Å²) in [5, 5.41) is 8.48. The molecule has 1 amide bonds. The molecule has 5 nitrogen and oxygen atoms in total. The third-order valence-electron chi connectivity index (χ3n) is 4.91. The standard InChI is InChI=1S/C23H24N4OS/c1-23(2,3)18-8-6-5-7-16(18)13-27-14-17-11-15(9-10-19(17)26-27)12-20-21(24-4)25-22(28)29-20/h5-12,14H,13H2,1-4H3,(H,24,25,28)/b20-12-. The number of fused-ring (bicyclic) bond motifs is 1. The number of nitrogens with one attached hydrogen (secondary N) is 1.